The molecule has 2 heteroatoms. The van der Waals surface area contributed by atoms with Crippen LogP contribution in [0.25, 0.3) is 76.7 Å². The van der Waals surface area contributed by atoms with Crippen molar-refractivity contribution >= 4 is 71.2 Å². The van der Waals surface area contributed by atoms with E-state index in [-0.39, 0.29) is 0 Å². The van der Waals surface area contributed by atoms with Crippen LogP contribution in [0, 0.1) is 0 Å². The van der Waals surface area contributed by atoms with Gasteiger partial charge in [-0.3, -0.25) is 4.99 Å². The lowest BCUT2D eigenvalue weighted by Crippen LogP contribution is -2.06. The Hall–Kier alpha value is -6.51. The number of aliphatic imine (C=N–C) groups is 1. The first-order valence-corrected chi connectivity index (χ1v) is 18.7. The van der Waals surface area contributed by atoms with Gasteiger partial charge in [0.1, 0.15) is 11.2 Å². The van der Waals surface area contributed by atoms with Gasteiger partial charge in [-0.15, -0.1) is 0 Å². The van der Waals surface area contributed by atoms with Gasteiger partial charge in [0, 0.05) is 22.0 Å². The summed E-state index contributed by atoms with van der Waals surface area (Å²) in [5, 5.41) is 9.81. The van der Waals surface area contributed by atoms with Crippen molar-refractivity contribution in [2.24, 2.45) is 4.99 Å². The fourth-order valence-corrected chi connectivity index (χ4v) is 8.49. The minimum Gasteiger partial charge on any atom is -0.456 e. The van der Waals surface area contributed by atoms with Gasteiger partial charge in [-0.1, -0.05) is 153 Å². The molecule has 9 aromatic rings. The van der Waals surface area contributed by atoms with Gasteiger partial charge in [0.15, 0.2) is 0 Å². The fraction of sp³-hybridized carbons (Fsp3) is 0.0784. The van der Waals surface area contributed by atoms with E-state index >= 15 is 0 Å². The lowest BCUT2D eigenvalue weighted by Gasteiger charge is -2.20. The number of rotatable bonds is 5. The molecule has 1 aromatic heterocycles. The van der Waals surface area contributed by atoms with Crippen LogP contribution in [-0.4, -0.2) is 5.71 Å². The maximum absolute atomic E-state index is 6.38. The summed E-state index contributed by atoms with van der Waals surface area (Å²) in [5.74, 6) is 0. The maximum atomic E-state index is 6.38. The molecule has 0 saturated heterocycles. The first-order chi connectivity index (χ1) is 26.2. The van der Waals surface area contributed by atoms with Crippen LogP contribution in [0.5, 0.6) is 0 Å². The summed E-state index contributed by atoms with van der Waals surface area (Å²) in [6, 6.07) is 59.1. The Morgan fingerprint density at radius 3 is 1.91 bits per heavy atom. The molecule has 0 aliphatic carbocycles. The largest absolute Gasteiger partial charge is 0.456 e. The van der Waals surface area contributed by atoms with E-state index in [0.29, 0.717) is 0 Å². The van der Waals surface area contributed by atoms with E-state index in [1.807, 2.05) is 12.1 Å². The highest BCUT2D eigenvalue weighted by Gasteiger charge is 2.20. The molecular formula is C51H37NO. The third-order valence-electron chi connectivity index (χ3n) is 11.0. The molecule has 0 N–H and O–H groups in total. The zero-order valence-electron chi connectivity index (χ0n) is 29.6. The number of furan rings is 1. The first-order valence-electron chi connectivity index (χ1n) is 18.7. The molecule has 252 valence electrons. The van der Waals surface area contributed by atoms with Gasteiger partial charge < -0.3 is 4.42 Å². The fourth-order valence-electron chi connectivity index (χ4n) is 8.49. The van der Waals surface area contributed by atoms with Crippen LogP contribution in [0.2, 0.25) is 0 Å². The van der Waals surface area contributed by atoms with Crippen molar-refractivity contribution in [1.29, 1.82) is 0 Å². The number of benzene rings is 8. The molecule has 0 spiro atoms. The van der Waals surface area contributed by atoms with E-state index < -0.39 is 0 Å². The number of para-hydroxylation sites is 1. The molecule has 0 radical (unpaired) electrons. The van der Waals surface area contributed by atoms with Crippen molar-refractivity contribution < 1.29 is 4.42 Å². The van der Waals surface area contributed by atoms with Crippen LogP contribution in [0.1, 0.15) is 42.9 Å². The minimum atomic E-state index is 0.844. The van der Waals surface area contributed by atoms with Crippen molar-refractivity contribution in [2.75, 3.05) is 0 Å². The molecule has 0 saturated carbocycles. The zero-order valence-corrected chi connectivity index (χ0v) is 29.6. The second-order valence-electron chi connectivity index (χ2n) is 14.0. The minimum absolute atomic E-state index is 0.844. The molecule has 1 aliphatic rings. The van der Waals surface area contributed by atoms with Gasteiger partial charge in [0.25, 0.3) is 0 Å². The molecule has 0 fully saturated rings. The highest BCUT2D eigenvalue weighted by Crippen LogP contribution is 2.43. The summed E-state index contributed by atoms with van der Waals surface area (Å²) >= 11 is 0. The summed E-state index contributed by atoms with van der Waals surface area (Å²) in [6.45, 7) is 2.25. The standard InChI is InChI=1S/C51H37NO/c1-2-37-38(33-15-5-3-6-16-33)22-14-25-47(52-51(37)34-17-7-4-8-18-34)36-28-29-42-40-19-9-10-20-41(40)45-24-13-23-39(50(45)46(42)31-36)35-27-30-44-43-21-11-12-26-48(43)53-49(44)32-35/h3-13,15-24,26-32H,2,14,25H2,1H3. The molecule has 53 heavy (non-hydrogen) atoms. The Kier molecular flexibility index (Phi) is 7.61. The Morgan fingerprint density at radius 2 is 1.11 bits per heavy atom. The average Bonchev–Trinajstić information content (AvgIpc) is 3.59. The first kappa shape index (κ1) is 31.2. The van der Waals surface area contributed by atoms with Gasteiger partial charge in [0.05, 0.1) is 5.70 Å². The van der Waals surface area contributed by atoms with E-state index in [0.717, 1.165) is 69.3 Å². The van der Waals surface area contributed by atoms with Crippen LogP contribution in [-0.2, 0) is 0 Å². The molecule has 0 amide bonds. The summed E-state index contributed by atoms with van der Waals surface area (Å²) < 4.78 is 6.38. The quantitative estimate of drug-likeness (QED) is 0.166. The lowest BCUT2D eigenvalue weighted by atomic mass is 9.87. The van der Waals surface area contributed by atoms with E-state index in [1.165, 1.54) is 54.6 Å². The van der Waals surface area contributed by atoms with Crippen molar-refractivity contribution in [3.8, 4) is 11.1 Å². The monoisotopic (exact) mass is 679 g/mol. The smallest absolute Gasteiger partial charge is 0.136 e. The van der Waals surface area contributed by atoms with E-state index in [4.69, 9.17) is 9.41 Å². The second kappa shape index (κ2) is 12.9. The predicted octanol–water partition coefficient (Wildman–Crippen LogP) is 14.2. The van der Waals surface area contributed by atoms with Crippen molar-refractivity contribution in [3.05, 3.63) is 192 Å². The highest BCUT2D eigenvalue weighted by molar-refractivity contribution is 6.29. The number of hydrogen-bond acceptors (Lipinski definition) is 2. The summed E-state index contributed by atoms with van der Waals surface area (Å²) in [5.41, 5.74) is 12.5. The normalized spacial score (nSPS) is 13.8. The third kappa shape index (κ3) is 5.29. The summed E-state index contributed by atoms with van der Waals surface area (Å²) in [7, 11) is 0. The Labute approximate surface area is 309 Å². The molecule has 1 aliphatic heterocycles. The van der Waals surface area contributed by atoms with Crippen molar-refractivity contribution in [3.63, 3.8) is 0 Å². The highest BCUT2D eigenvalue weighted by atomic mass is 16.3. The molecule has 0 unspecified atom stereocenters. The van der Waals surface area contributed by atoms with Crippen LogP contribution in [0.4, 0.5) is 0 Å². The van der Waals surface area contributed by atoms with Crippen molar-refractivity contribution in [2.45, 2.75) is 26.2 Å². The predicted molar refractivity (Wildman–Crippen MR) is 226 cm³/mol. The molecule has 0 atom stereocenters. The number of nitrogens with zero attached hydrogens (tertiary/aromatic N) is 1. The third-order valence-corrected chi connectivity index (χ3v) is 11.0. The SMILES string of the molecule is CCC1=C(c2ccccc2)N=C(c2ccc3c4ccccc4c4cccc(-c5ccc6c(c5)oc5ccccc56)c4c3c2)CCC=C1c1ccccc1. The molecule has 8 aromatic carbocycles. The second-order valence-corrected chi connectivity index (χ2v) is 14.0. The van der Waals surface area contributed by atoms with Crippen LogP contribution < -0.4 is 0 Å². The van der Waals surface area contributed by atoms with E-state index in [9.17, 15) is 0 Å². The Bertz CT molecular complexity index is 2960. The van der Waals surface area contributed by atoms with Gasteiger partial charge in [0.2, 0.25) is 0 Å². The Balaban J connectivity index is 1.22. The molecule has 2 heterocycles. The molecular weight excluding hydrogens is 643 g/mol. The average molecular weight is 680 g/mol. The zero-order chi connectivity index (χ0) is 35.3. The van der Waals surface area contributed by atoms with Gasteiger partial charge >= 0.3 is 0 Å². The maximum Gasteiger partial charge on any atom is 0.136 e. The number of fused-ring (bicyclic) bond motifs is 9. The van der Waals surface area contributed by atoms with Crippen LogP contribution in [0.15, 0.2) is 185 Å². The lowest BCUT2D eigenvalue weighted by molar-refractivity contribution is 0.669. The van der Waals surface area contributed by atoms with Gasteiger partial charge in [-0.25, -0.2) is 0 Å². The Morgan fingerprint density at radius 1 is 0.491 bits per heavy atom. The van der Waals surface area contributed by atoms with E-state index in [1.54, 1.807) is 0 Å². The van der Waals surface area contributed by atoms with Crippen molar-refractivity contribution in [1.82, 2.24) is 0 Å². The number of hydrogen-bond donors (Lipinski definition) is 0. The van der Waals surface area contributed by atoms with Crippen LogP contribution in [0.3, 0.4) is 0 Å². The van der Waals surface area contributed by atoms with E-state index in [2.05, 4.69) is 165 Å². The summed E-state index contributed by atoms with van der Waals surface area (Å²) in [4.78, 5) is 5.63. The molecule has 2 nitrogen and oxygen atoms in total. The summed E-state index contributed by atoms with van der Waals surface area (Å²) in [6.07, 6.45) is 5.07. The molecule has 10 rings (SSSR count). The topological polar surface area (TPSA) is 25.5 Å². The number of allylic oxidation sites excluding steroid dienone is 3. The van der Waals surface area contributed by atoms with Gasteiger partial charge in [-0.05, 0) is 109 Å². The molecule has 0 bridgehead atoms. The van der Waals surface area contributed by atoms with Gasteiger partial charge in [-0.2, -0.15) is 0 Å². The van der Waals surface area contributed by atoms with Crippen LogP contribution >= 0.6 is 0 Å².